The highest BCUT2D eigenvalue weighted by Crippen LogP contribution is 2.29. The van der Waals surface area contributed by atoms with Crippen LogP contribution in [0.4, 0.5) is 11.5 Å². The number of carbonyl (C=O) groups is 1. The molecule has 0 aliphatic carbocycles. The van der Waals surface area contributed by atoms with Crippen LogP contribution in [-0.2, 0) is 11.3 Å². The lowest BCUT2D eigenvalue weighted by molar-refractivity contribution is -0.120. The first-order chi connectivity index (χ1) is 17.0. The summed E-state index contributed by atoms with van der Waals surface area (Å²) in [5, 5.41) is 0. The van der Waals surface area contributed by atoms with Crippen LogP contribution in [0.15, 0.2) is 64.2 Å². The van der Waals surface area contributed by atoms with Crippen LogP contribution < -0.4 is 26.6 Å². The summed E-state index contributed by atoms with van der Waals surface area (Å²) in [6, 6.07) is 17.3. The van der Waals surface area contributed by atoms with E-state index in [4.69, 9.17) is 10.5 Å². The Labute approximate surface area is 205 Å². The molecule has 1 aromatic heterocycles. The number of aromatic nitrogens is 2. The van der Waals surface area contributed by atoms with Gasteiger partial charge in [0.15, 0.2) is 12.3 Å². The van der Waals surface area contributed by atoms with Crippen molar-refractivity contribution in [2.45, 2.75) is 52.5 Å². The number of amides is 1. The third kappa shape index (κ3) is 6.41. The average Bonchev–Trinajstić information content (AvgIpc) is 2.87. The van der Waals surface area contributed by atoms with Gasteiger partial charge in [-0.3, -0.25) is 19.1 Å². The number of nitrogens with two attached hydrogens (primary N) is 1. The van der Waals surface area contributed by atoms with Gasteiger partial charge in [0, 0.05) is 18.7 Å². The Hall–Kier alpha value is -3.81. The Morgan fingerprint density at radius 1 is 0.971 bits per heavy atom. The molecule has 3 N–H and O–H groups in total. The van der Waals surface area contributed by atoms with Crippen molar-refractivity contribution in [3.05, 3.63) is 75.4 Å². The maximum absolute atomic E-state index is 13.4. The van der Waals surface area contributed by atoms with E-state index in [0.29, 0.717) is 25.3 Å². The molecular formula is C27H34N4O4. The Balaban J connectivity index is 1.90. The van der Waals surface area contributed by atoms with Gasteiger partial charge in [-0.05, 0) is 24.5 Å². The average molecular weight is 479 g/mol. The molecule has 0 unspecified atom stereocenters. The van der Waals surface area contributed by atoms with E-state index in [2.05, 4.69) is 11.9 Å². The van der Waals surface area contributed by atoms with E-state index in [1.165, 1.54) is 9.47 Å². The fourth-order valence-corrected chi connectivity index (χ4v) is 3.92. The first kappa shape index (κ1) is 25.8. The molecule has 0 bridgehead atoms. The van der Waals surface area contributed by atoms with Gasteiger partial charge in [0.1, 0.15) is 11.6 Å². The minimum absolute atomic E-state index is 0.00161. The zero-order chi connectivity index (χ0) is 25.2. The molecule has 8 nitrogen and oxygen atoms in total. The van der Waals surface area contributed by atoms with Crippen molar-refractivity contribution < 1.29 is 9.53 Å². The molecule has 0 aliphatic heterocycles. The summed E-state index contributed by atoms with van der Waals surface area (Å²) in [6.45, 7) is 4.45. The highest BCUT2D eigenvalue weighted by atomic mass is 16.5. The first-order valence-electron chi connectivity index (χ1n) is 12.2. The van der Waals surface area contributed by atoms with Gasteiger partial charge in [0.2, 0.25) is 0 Å². The van der Waals surface area contributed by atoms with Crippen LogP contribution in [-0.4, -0.2) is 28.6 Å². The number of rotatable bonds is 12. The van der Waals surface area contributed by atoms with E-state index in [0.717, 1.165) is 36.8 Å². The molecule has 0 saturated heterocycles. The molecule has 0 saturated carbocycles. The van der Waals surface area contributed by atoms with Crippen LogP contribution >= 0.6 is 0 Å². The van der Waals surface area contributed by atoms with E-state index in [9.17, 15) is 14.4 Å². The largest absolute Gasteiger partial charge is 0.483 e. The first-order valence-corrected chi connectivity index (χ1v) is 12.2. The van der Waals surface area contributed by atoms with Crippen LogP contribution in [0.1, 0.15) is 46.0 Å². The number of unbranched alkanes of at least 4 members (excludes halogenated alkanes) is 3. The minimum atomic E-state index is -0.671. The van der Waals surface area contributed by atoms with Crippen molar-refractivity contribution >= 4 is 17.4 Å². The van der Waals surface area contributed by atoms with Gasteiger partial charge in [0.05, 0.1) is 0 Å². The number of nitrogens with zero attached hydrogens (tertiary/aromatic N) is 2. The summed E-state index contributed by atoms with van der Waals surface area (Å²) in [5.74, 6) is 0.166. The van der Waals surface area contributed by atoms with Gasteiger partial charge < -0.3 is 15.4 Å². The van der Waals surface area contributed by atoms with Crippen molar-refractivity contribution in [3.63, 3.8) is 0 Å². The smallest absolute Gasteiger partial charge is 0.330 e. The topological polar surface area (TPSA) is 110 Å². The third-order valence-electron chi connectivity index (χ3n) is 5.83. The second-order valence-electron chi connectivity index (χ2n) is 8.40. The van der Waals surface area contributed by atoms with Crippen molar-refractivity contribution in [2.75, 3.05) is 23.8 Å². The maximum atomic E-state index is 13.4. The number of anilines is 2. The van der Waals surface area contributed by atoms with Crippen LogP contribution in [0, 0.1) is 0 Å². The second kappa shape index (κ2) is 12.6. The number of para-hydroxylation sites is 1. The van der Waals surface area contributed by atoms with Crippen LogP contribution in [0.25, 0.3) is 11.1 Å². The number of hydrogen-bond donors (Lipinski definition) is 2. The van der Waals surface area contributed by atoms with Crippen molar-refractivity contribution in [3.8, 4) is 16.9 Å². The Morgan fingerprint density at radius 3 is 2.37 bits per heavy atom. The Bertz CT molecular complexity index is 1230. The van der Waals surface area contributed by atoms with Gasteiger partial charge in [0.25, 0.3) is 11.5 Å². The molecule has 2 aromatic carbocycles. The molecule has 0 atom stereocenters. The van der Waals surface area contributed by atoms with Crippen LogP contribution in [0.3, 0.4) is 0 Å². The molecule has 0 spiro atoms. The standard InChI is InChI=1S/C27H34N4O4/c1-3-5-12-18-30(24-25(28)31(17-6-4-2)27(34)29-26(24)33)23(32)19-35-22-16-11-10-15-21(22)20-13-8-7-9-14-20/h7-11,13-16H,3-6,12,17-19,28H2,1-2H3,(H,29,33,34). The number of nitrogen functional groups attached to an aromatic ring is 1. The Morgan fingerprint density at radius 2 is 1.66 bits per heavy atom. The minimum Gasteiger partial charge on any atom is -0.483 e. The van der Waals surface area contributed by atoms with Crippen molar-refractivity contribution in [2.24, 2.45) is 0 Å². The van der Waals surface area contributed by atoms with Crippen LogP contribution in [0.5, 0.6) is 5.75 Å². The summed E-state index contributed by atoms with van der Waals surface area (Å²) in [4.78, 5) is 42.2. The lowest BCUT2D eigenvalue weighted by Crippen LogP contribution is -2.43. The van der Waals surface area contributed by atoms with Gasteiger partial charge in [-0.2, -0.15) is 0 Å². The van der Waals surface area contributed by atoms with Gasteiger partial charge in [-0.15, -0.1) is 0 Å². The number of aromatic amines is 1. The maximum Gasteiger partial charge on any atom is 0.330 e. The van der Waals surface area contributed by atoms with Crippen molar-refractivity contribution in [1.29, 1.82) is 0 Å². The monoisotopic (exact) mass is 478 g/mol. The third-order valence-corrected chi connectivity index (χ3v) is 5.83. The highest BCUT2D eigenvalue weighted by Gasteiger charge is 2.24. The molecule has 0 aliphatic rings. The lowest BCUT2D eigenvalue weighted by atomic mass is 10.1. The number of ether oxygens (including phenoxy) is 1. The van der Waals surface area contributed by atoms with E-state index in [-0.39, 0.29) is 18.1 Å². The fourth-order valence-electron chi connectivity index (χ4n) is 3.92. The van der Waals surface area contributed by atoms with E-state index >= 15 is 0 Å². The molecule has 3 rings (SSSR count). The molecule has 1 amide bonds. The van der Waals surface area contributed by atoms with Gasteiger partial charge in [-0.25, -0.2) is 4.79 Å². The summed E-state index contributed by atoms with van der Waals surface area (Å²) in [5.41, 5.74) is 6.88. The summed E-state index contributed by atoms with van der Waals surface area (Å²) >= 11 is 0. The molecule has 1 heterocycles. The highest BCUT2D eigenvalue weighted by molar-refractivity contribution is 5.96. The molecule has 0 fully saturated rings. The zero-order valence-electron chi connectivity index (χ0n) is 20.5. The Kier molecular flexibility index (Phi) is 9.29. The van der Waals surface area contributed by atoms with E-state index < -0.39 is 17.2 Å². The molecule has 3 aromatic rings. The van der Waals surface area contributed by atoms with Gasteiger partial charge in [-0.1, -0.05) is 81.6 Å². The summed E-state index contributed by atoms with van der Waals surface area (Å²) < 4.78 is 7.27. The molecule has 186 valence electrons. The molecule has 0 radical (unpaired) electrons. The SMILES string of the molecule is CCCCCN(C(=O)COc1ccccc1-c1ccccc1)c1c(N)n(CCCC)c(=O)[nH]c1=O. The van der Waals surface area contributed by atoms with Crippen molar-refractivity contribution in [1.82, 2.24) is 9.55 Å². The predicted octanol–water partition coefficient (Wildman–Crippen LogP) is 4.19. The normalized spacial score (nSPS) is 10.8. The number of hydrogen-bond acceptors (Lipinski definition) is 5. The zero-order valence-corrected chi connectivity index (χ0v) is 20.5. The summed E-state index contributed by atoms with van der Waals surface area (Å²) in [6.07, 6.45) is 4.10. The number of H-pyrrole nitrogens is 1. The number of carbonyl (C=O) groups excluding carboxylic acids is 1. The quantitative estimate of drug-likeness (QED) is 0.379. The number of benzene rings is 2. The number of nitrogens with one attached hydrogen (secondary N) is 1. The van der Waals surface area contributed by atoms with E-state index in [1.54, 1.807) is 0 Å². The molecular weight excluding hydrogens is 444 g/mol. The fraction of sp³-hybridized carbons (Fsp3) is 0.370. The van der Waals surface area contributed by atoms with E-state index in [1.807, 2.05) is 61.5 Å². The lowest BCUT2D eigenvalue weighted by Gasteiger charge is -2.25. The summed E-state index contributed by atoms with van der Waals surface area (Å²) in [7, 11) is 0. The second-order valence-corrected chi connectivity index (χ2v) is 8.40. The molecule has 35 heavy (non-hydrogen) atoms. The molecule has 8 heteroatoms. The van der Waals surface area contributed by atoms with Crippen LogP contribution in [0.2, 0.25) is 0 Å². The predicted molar refractivity (Wildman–Crippen MR) is 140 cm³/mol. The van der Waals surface area contributed by atoms with Gasteiger partial charge >= 0.3 is 5.69 Å².